The maximum absolute atomic E-state index is 12.9. The van der Waals surface area contributed by atoms with Crippen LogP contribution in [0.25, 0.3) is 0 Å². The Morgan fingerprint density at radius 2 is 2.27 bits per heavy atom. The van der Waals surface area contributed by atoms with E-state index in [0.717, 1.165) is 12.1 Å². The fraction of sp³-hybridized carbons (Fsp3) is 0.182. The predicted molar refractivity (Wildman–Crippen MR) is 56.6 cm³/mol. The van der Waals surface area contributed by atoms with E-state index >= 15 is 0 Å². The van der Waals surface area contributed by atoms with Crippen molar-refractivity contribution in [2.45, 2.75) is 13.0 Å². The molecule has 0 aliphatic carbocycles. The number of halogens is 1. The number of rotatable bonds is 2. The number of benzene rings is 1. The van der Waals surface area contributed by atoms with Crippen LogP contribution >= 0.6 is 0 Å². The number of anilines is 1. The van der Waals surface area contributed by atoms with Crippen LogP contribution in [0, 0.1) is 18.2 Å². The molecule has 0 aliphatic heterocycles. The molecule has 1 atom stereocenters. The minimum absolute atomic E-state index is 0.162. The van der Waals surface area contributed by atoms with Crippen LogP contribution in [0.1, 0.15) is 17.3 Å². The first-order valence-corrected chi connectivity index (χ1v) is 4.36. The topological polar surface area (TPSA) is 55.1 Å². The number of hydrogen-bond donors (Lipinski definition) is 2. The van der Waals surface area contributed by atoms with E-state index in [0.29, 0.717) is 0 Å². The smallest absolute Gasteiger partial charge is 0.252 e. The molecule has 0 heterocycles. The lowest BCUT2D eigenvalue weighted by atomic mass is 10.1. The summed E-state index contributed by atoms with van der Waals surface area (Å²) in [4.78, 5) is 11.5. The first-order chi connectivity index (χ1) is 7.02. The first-order valence-electron chi connectivity index (χ1n) is 4.36. The summed E-state index contributed by atoms with van der Waals surface area (Å²) in [6, 6.07) is 3.24. The maximum Gasteiger partial charge on any atom is 0.252 e. The second-order valence-corrected chi connectivity index (χ2v) is 3.14. The minimum Gasteiger partial charge on any atom is -0.399 e. The van der Waals surface area contributed by atoms with Crippen molar-refractivity contribution < 1.29 is 9.18 Å². The molecule has 0 radical (unpaired) electrons. The molecular formula is C11H11FN2O. The standard InChI is InChI=1S/C11H11FN2O/c1-3-7(2)14-11(15)8-4-9(12)6-10(13)5-8/h1,4-7H,13H2,2H3,(H,14,15). The van der Waals surface area contributed by atoms with Gasteiger partial charge >= 0.3 is 0 Å². The summed E-state index contributed by atoms with van der Waals surface area (Å²) in [6.45, 7) is 1.65. The molecule has 0 bridgehead atoms. The van der Waals surface area contributed by atoms with Crippen molar-refractivity contribution >= 4 is 11.6 Å². The molecule has 1 amide bonds. The van der Waals surface area contributed by atoms with Crippen LogP contribution in [0.15, 0.2) is 18.2 Å². The fourth-order valence-corrected chi connectivity index (χ4v) is 1.07. The minimum atomic E-state index is -0.548. The summed E-state index contributed by atoms with van der Waals surface area (Å²) in [5, 5.41) is 2.50. The fourth-order valence-electron chi connectivity index (χ4n) is 1.07. The highest BCUT2D eigenvalue weighted by Crippen LogP contribution is 2.10. The summed E-state index contributed by atoms with van der Waals surface area (Å²) < 4.78 is 12.9. The van der Waals surface area contributed by atoms with Crippen LogP contribution in [0.5, 0.6) is 0 Å². The summed E-state index contributed by atoms with van der Waals surface area (Å²) in [6.07, 6.45) is 5.09. The number of terminal acetylenes is 1. The third-order valence-corrected chi connectivity index (χ3v) is 1.78. The third kappa shape index (κ3) is 2.99. The van der Waals surface area contributed by atoms with Gasteiger partial charge in [0.2, 0.25) is 0 Å². The highest BCUT2D eigenvalue weighted by Gasteiger charge is 2.09. The monoisotopic (exact) mass is 206 g/mol. The molecule has 0 fully saturated rings. The van der Waals surface area contributed by atoms with E-state index in [1.807, 2.05) is 0 Å². The van der Waals surface area contributed by atoms with Gasteiger partial charge in [-0.25, -0.2) is 4.39 Å². The zero-order chi connectivity index (χ0) is 11.4. The average Bonchev–Trinajstić information content (AvgIpc) is 2.16. The van der Waals surface area contributed by atoms with Crippen LogP contribution in [-0.2, 0) is 0 Å². The lowest BCUT2D eigenvalue weighted by Gasteiger charge is -2.08. The second-order valence-electron chi connectivity index (χ2n) is 3.14. The van der Waals surface area contributed by atoms with Gasteiger partial charge in [0.1, 0.15) is 5.82 Å². The number of nitrogen functional groups attached to an aromatic ring is 1. The van der Waals surface area contributed by atoms with Gasteiger partial charge in [0.05, 0.1) is 6.04 Å². The number of carbonyl (C=O) groups excluding carboxylic acids is 1. The van der Waals surface area contributed by atoms with Gasteiger partial charge in [-0.05, 0) is 25.1 Å². The van der Waals surface area contributed by atoms with Crippen molar-refractivity contribution in [1.29, 1.82) is 0 Å². The van der Waals surface area contributed by atoms with E-state index in [-0.39, 0.29) is 11.3 Å². The Balaban J connectivity index is 2.88. The molecule has 78 valence electrons. The van der Waals surface area contributed by atoms with E-state index < -0.39 is 17.8 Å². The van der Waals surface area contributed by atoms with E-state index in [2.05, 4.69) is 11.2 Å². The Kier molecular flexibility index (Phi) is 3.29. The lowest BCUT2D eigenvalue weighted by molar-refractivity contribution is 0.0947. The summed E-state index contributed by atoms with van der Waals surface area (Å²) in [5.41, 5.74) is 5.76. The highest BCUT2D eigenvalue weighted by molar-refractivity contribution is 5.95. The normalized spacial score (nSPS) is 11.5. The van der Waals surface area contributed by atoms with E-state index in [4.69, 9.17) is 12.2 Å². The molecule has 1 rings (SSSR count). The largest absolute Gasteiger partial charge is 0.399 e. The Morgan fingerprint density at radius 1 is 1.60 bits per heavy atom. The summed E-state index contributed by atoms with van der Waals surface area (Å²) in [7, 11) is 0. The molecule has 3 nitrogen and oxygen atoms in total. The van der Waals surface area contributed by atoms with Crippen LogP contribution in [0.3, 0.4) is 0 Å². The molecule has 0 saturated carbocycles. The molecular weight excluding hydrogens is 195 g/mol. The quantitative estimate of drug-likeness (QED) is 0.563. The summed E-state index contributed by atoms with van der Waals surface area (Å²) >= 11 is 0. The molecule has 0 saturated heterocycles. The first kappa shape index (κ1) is 11.1. The van der Waals surface area contributed by atoms with Gasteiger partial charge in [-0.2, -0.15) is 0 Å². The van der Waals surface area contributed by atoms with E-state index in [9.17, 15) is 9.18 Å². The predicted octanol–water partition coefficient (Wildman–Crippen LogP) is 1.16. The zero-order valence-corrected chi connectivity index (χ0v) is 8.25. The number of carbonyl (C=O) groups is 1. The average molecular weight is 206 g/mol. The second kappa shape index (κ2) is 4.47. The van der Waals surface area contributed by atoms with Gasteiger partial charge in [-0.3, -0.25) is 4.79 Å². The Labute approximate surface area is 87.5 Å². The Bertz CT molecular complexity index is 403. The highest BCUT2D eigenvalue weighted by atomic mass is 19.1. The Hall–Kier alpha value is -2.02. The van der Waals surface area contributed by atoms with Crippen molar-refractivity contribution in [3.05, 3.63) is 29.6 Å². The van der Waals surface area contributed by atoms with Crippen molar-refractivity contribution in [3.8, 4) is 12.3 Å². The van der Waals surface area contributed by atoms with Crippen molar-refractivity contribution in [2.24, 2.45) is 0 Å². The lowest BCUT2D eigenvalue weighted by Crippen LogP contribution is -2.31. The summed E-state index contributed by atoms with van der Waals surface area (Å²) in [5.74, 6) is 1.35. The number of hydrogen-bond acceptors (Lipinski definition) is 2. The molecule has 0 spiro atoms. The van der Waals surface area contributed by atoms with Crippen molar-refractivity contribution in [3.63, 3.8) is 0 Å². The molecule has 15 heavy (non-hydrogen) atoms. The third-order valence-electron chi connectivity index (χ3n) is 1.78. The zero-order valence-electron chi connectivity index (χ0n) is 8.25. The molecule has 1 unspecified atom stereocenters. The molecule has 1 aromatic rings. The van der Waals surface area contributed by atoms with Gasteiger partial charge in [-0.1, -0.05) is 5.92 Å². The Morgan fingerprint density at radius 3 is 2.80 bits per heavy atom. The van der Waals surface area contributed by atoms with E-state index in [1.54, 1.807) is 6.92 Å². The van der Waals surface area contributed by atoms with Crippen molar-refractivity contribution in [1.82, 2.24) is 5.32 Å². The number of nitrogens with two attached hydrogens (primary N) is 1. The molecule has 3 N–H and O–H groups in total. The van der Waals surface area contributed by atoms with Crippen LogP contribution in [-0.4, -0.2) is 11.9 Å². The molecule has 0 aliphatic rings. The van der Waals surface area contributed by atoms with Crippen LogP contribution in [0.4, 0.5) is 10.1 Å². The van der Waals surface area contributed by atoms with Crippen LogP contribution in [0.2, 0.25) is 0 Å². The molecule has 4 heteroatoms. The SMILES string of the molecule is C#CC(C)NC(=O)c1cc(N)cc(F)c1. The maximum atomic E-state index is 12.9. The molecule has 1 aromatic carbocycles. The van der Waals surface area contributed by atoms with Gasteiger partial charge in [0.25, 0.3) is 5.91 Å². The molecule has 0 aromatic heterocycles. The number of amides is 1. The van der Waals surface area contributed by atoms with E-state index in [1.165, 1.54) is 6.07 Å². The number of nitrogens with one attached hydrogen (secondary N) is 1. The van der Waals surface area contributed by atoms with Crippen molar-refractivity contribution in [2.75, 3.05) is 5.73 Å². The van der Waals surface area contributed by atoms with Gasteiger partial charge < -0.3 is 11.1 Å². The van der Waals surface area contributed by atoms with Gasteiger partial charge in [0, 0.05) is 11.3 Å². The van der Waals surface area contributed by atoms with Crippen LogP contribution < -0.4 is 11.1 Å². The van der Waals surface area contributed by atoms with Gasteiger partial charge in [-0.15, -0.1) is 6.42 Å². The van der Waals surface area contributed by atoms with Gasteiger partial charge in [0.15, 0.2) is 0 Å².